The van der Waals surface area contributed by atoms with E-state index in [0.29, 0.717) is 40.0 Å². The average Bonchev–Trinajstić information content (AvgIpc) is 3.38. The number of para-hydroxylation sites is 2. The lowest BCUT2D eigenvalue weighted by Crippen LogP contribution is -2.02. The van der Waals surface area contributed by atoms with Gasteiger partial charge in [-0.2, -0.15) is 5.10 Å². The summed E-state index contributed by atoms with van der Waals surface area (Å²) in [6.07, 6.45) is 1.67. The zero-order valence-corrected chi connectivity index (χ0v) is 16.7. The van der Waals surface area contributed by atoms with E-state index in [0.717, 1.165) is 16.7 Å². The molecule has 0 bridgehead atoms. The van der Waals surface area contributed by atoms with Crippen molar-refractivity contribution >= 4 is 33.6 Å². The molecule has 3 heterocycles. The molecule has 150 valence electrons. The summed E-state index contributed by atoms with van der Waals surface area (Å²) in [4.78, 5) is 14.1. The third-order valence-corrected chi connectivity index (χ3v) is 4.93. The van der Waals surface area contributed by atoms with Crippen molar-refractivity contribution in [3.63, 3.8) is 0 Å². The van der Waals surface area contributed by atoms with E-state index in [9.17, 15) is 0 Å². The van der Waals surface area contributed by atoms with Gasteiger partial charge in [-0.05, 0) is 24.3 Å². The van der Waals surface area contributed by atoms with Crippen LogP contribution in [-0.2, 0) is 7.05 Å². The summed E-state index contributed by atoms with van der Waals surface area (Å²) in [6, 6.07) is 13.5. The standard InChI is InChI=1S/C21H19N7O2/c1-28-15-7-5-4-6-13(15)25-21(28)20-24-14-11-22-27-18(14)19(26-20)23-12-8-9-16(29-2)17(10-12)30-3/h4-11H,1-3H3,(H,22,27)(H,23,24,26). The van der Waals surface area contributed by atoms with E-state index in [1.807, 2.05) is 54.1 Å². The molecule has 0 amide bonds. The van der Waals surface area contributed by atoms with E-state index in [2.05, 4.69) is 20.5 Å². The van der Waals surface area contributed by atoms with Crippen LogP contribution in [0.5, 0.6) is 11.5 Å². The average molecular weight is 401 g/mol. The zero-order valence-electron chi connectivity index (χ0n) is 16.7. The number of H-pyrrole nitrogens is 1. The number of aromatic amines is 1. The van der Waals surface area contributed by atoms with Crippen LogP contribution in [0.2, 0.25) is 0 Å². The molecule has 9 heteroatoms. The predicted molar refractivity (Wildman–Crippen MR) is 114 cm³/mol. The first-order valence-electron chi connectivity index (χ1n) is 9.30. The lowest BCUT2D eigenvalue weighted by molar-refractivity contribution is 0.355. The smallest absolute Gasteiger partial charge is 0.198 e. The number of fused-ring (bicyclic) bond motifs is 2. The van der Waals surface area contributed by atoms with E-state index in [-0.39, 0.29) is 0 Å². The zero-order chi connectivity index (χ0) is 20.7. The first-order valence-corrected chi connectivity index (χ1v) is 9.30. The second-order valence-electron chi connectivity index (χ2n) is 6.70. The van der Waals surface area contributed by atoms with Crippen LogP contribution in [0.4, 0.5) is 11.5 Å². The van der Waals surface area contributed by atoms with Crippen LogP contribution in [0.25, 0.3) is 33.7 Å². The molecule has 9 nitrogen and oxygen atoms in total. The molecule has 30 heavy (non-hydrogen) atoms. The Kier molecular flexibility index (Phi) is 4.20. The third-order valence-electron chi connectivity index (χ3n) is 4.93. The minimum Gasteiger partial charge on any atom is -0.493 e. The normalized spacial score (nSPS) is 11.2. The van der Waals surface area contributed by atoms with Crippen molar-refractivity contribution in [1.29, 1.82) is 0 Å². The van der Waals surface area contributed by atoms with Crippen molar-refractivity contribution in [2.24, 2.45) is 7.05 Å². The Bertz CT molecular complexity index is 1370. The van der Waals surface area contributed by atoms with Crippen molar-refractivity contribution < 1.29 is 9.47 Å². The van der Waals surface area contributed by atoms with Crippen LogP contribution in [0.1, 0.15) is 0 Å². The van der Waals surface area contributed by atoms with Crippen molar-refractivity contribution in [1.82, 2.24) is 29.7 Å². The molecule has 0 saturated carbocycles. The summed E-state index contributed by atoms with van der Waals surface area (Å²) in [5.74, 6) is 3.04. The highest BCUT2D eigenvalue weighted by Crippen LogP contribution is 2.32. The summed E-state index contributed by atoms with van der Waals surface area (Å²) in [5, 5.41) is 10.4. The maximum absolute atomic E-state index is 5.40. The molecule has 0 aliphatic rings. The second kappa shape index (κ2) is 7.03. The van der Waals surface area contributed by atoms with Crippen LogP contribution in [0, 0.1) is 0 Å². The van der Waals surface area contributed by atoms with E-state index in [4.69, 9.17) is 19.4 Å². The number of aryl methyl sites for hydroxylation is 1. The monoisotopic (exact) mass is 401 g/mol. The van der Waals surface area contributed by atoms with E-state index >= 15 is 0 Å². The van der Waals surface area contributed by atoms with Gasteiger partial charge in [0.2, 0.25) is 0 Å². The summed E-state index contributed by atoms with van der Waals surface area (Å²) in [6.45, 7) is 0. The topological polar surface area (TPSA) is 103 Å². The molecule has 2 aromatic carbocycles. The number of nitrogens with zero attached hydrogens (tertiary/aromatic N) is 5. The van der Waals surface area contributed by atoms with Gasteiger partial charge >= 0.3 is 0 Å². The van der Waals surface area contributed by atoms with E-state index < -0.39 is 0 Å². The van der Waals surface area contributed by atoms with Crippen LogP contribution in [-0.4, -0.2) is 43.9 Å². The van der Waals surface area contributed by atoms with Gasteiger partial charge in [-0.1, -0.05) is 12.1 Å². The van der Waals surface area contributed by atoms with Crippen molar-refractivity contribution in [3.8, 4) is 23.1 Å². The summed E-state index contributed by atoms with van der Waals surface area (Å²) >= 11 is 0. The van der Waals surface area contributed by atoms with Gasteiger partial charge < -0.3 is 19.4 Å². The molecule has 2 N–H and O–H groups in total. The summed E-state index contributed by atoms with van der Waals surface area (Å²) < 4.78 is 12.7. The Morgan fingerprint density at radius 1 is 0.933 bits per heavy atom. The number of hydrogen-bond acceptors (Lipinski definition) is 7. The Labute approximate surface area is 171 Å². The molecule has 0 aliphatic heterocycles. The molecule has 0 fully saturated rings. The molecule has 0 atom stereocenters. The number of hydrogen-bond donors (Lipinski definition) is 2. The van der Waals surface area contributed by atoms with Crippen LogP contribution in [0.3, 0.4) is 0 Å². The number of methoxy groups -OCH3 is 2. The molecule has 0 saturated heterocycles. The Balaban J connectivity index is 1.62. The summed E-state index contributed by atoms with van der Waals surface area (Å²) in [7, 11) is 5.16. The first-order chi connectivity index (χ1) is 14.7. The number of aromatic nitrogens is 6. The molecule has 0 spiro atoms. The number of rotatable bonds is 5. The van der Waals surface area contributed by atoms with E-state index in [1.165, 1.54) is 0 Å². The minimum atomic E-state index is 0.505. The molecular formula is C21H19N7O2. The fourth-order valence-corrected chi connectivity index (χ4v) is 3.43. The molecule has 3 aromatic heterocycles. The maximum atomic E-state index is 5.40. The van der Waals surface area contributed by atoms with Crippen molar-refractivity contribution in [2.45, 2.75) is 0 Å². The van der Waals surface area contributed by atoms with Crippen molar-refractivity contribution in [2.75, 3.05) is 19.5 Å². The molecule has 5 aromatic rings. The van der Waals surface area contributed by atoms with Gasteiger partial charge in [0.15, 0.2) is 29.0 Å². The molecule has 0 aliphatic carbocycles. The quantitative estimate of drug-likeness (QED) is 0.463. The lowest BCUT2D eigenvalue weighted by Gasteiger charge is -2.12. The highest BCUT2D eigenvalue weighted by molar-refractivity contribution is 5.89. The summed E-state index contributed by atoms with van der Waals surface area (Å²) in [5.41, 5.74) is 4.08. The van der Waals surface area contributed by atoms with Crippen LogP contribution < -0.4 is 14.8 Å². The molecule has 0 unspecified atom stereocenters. The SMILES string of the molecule is COc1ccc(Nc2nc(-c3nc4ccccc4n3C)nc3cn[nH]c23)cc1OC. The number of anilines is 2. The Morgan fingerprint density at radius 2 is 1.77 bits per heavy atom. The van der Waals surface area contributed by atoms with Gasteiger partial charge in [0.25, 0.3) is 0 Å². The van der Waals surface area contributed by atoms with Gasteiger partial charge in [0.05, 0.1) is 31.4 Å². The number of nitrogens with one attached hydrogen (secondary N) is 2. The van der Waals surface area contributed by atoms with Crippen LogP contribution in [0.15, 0.2) is 48.7 Å². The van der Waals surface area contributed by atoms with E-state index in [1.54, 1.807) is 20.4 Å². The Morgan fingerprint density at radius 3 is 2.57 bits per heavy atom. The first kappa shape index (κ1) is 17.9. The number of benzene rings is 2. The number of ether oxygens (including phenoxy) is 2. The van der Waals surface area contributed by atoms with Gasteiger partial charge in [-0.25, -0.2) is 15.0 Å². The predicted octanol–water partition coefficient (Wildman–Crippen LogP) is 3.67. The van der Waals surface area contributed by atoms with Crippen molar-refractivity contribution in [3.05, 3.63) is 48.7 Å². The maximum Gasteiger partial charge on any atom is 0.198 e. The lowest BCUT2D eigenvalue weighted by atomic mass is 10.2. The third kappa shape index (κ3) is 2.87. The van der Waals surface area contributed by atoms with Gasteiger partial charge in [-0.3, -0.25) is 5.10 Å². The highest BCUT2D eigenvalue weighted by Gasteiger charge is 2.17. The second-order valence-corrected chi connectivity index (χ2v) is 6.70. The fraction of sp³-hybridized carbons (Fsp3) is 0.143. The molecule has 5 rings (SSSR count). The highest BCUT2D eigenvalue weighted by atomic mass is 16.5. The van der Waals surface area contributed by atoms with Gasteiger partial charge in [0, 0.05) is 18.8 Å². The van der Waals surface area contributed by atoms with Crippen LogP contribution >= 0.6 is 0 Å². The number of imidazole rings is 1. The van der Waals surface area contributed by atoms with Gasteiger partial charge in [-0.15, -0.1) is 0 Å². The van der Waals surface area contributed by atoms with Gasteiger partial charge in [0.1, 0.15) is 11.0 Å². The molecular weight excluding hydrogens is 382 g/mol. The fourth-order valence-electron chi connectivity index (χ4n) is 3.43. The minimum absolute atomic E-state index is 0.505. The Hall–Kier alpha value is -4.14. The largest absolute Gasteiger partial charge is 0.493 e. The molecule has 0 radical (unpaired) electrons.